The number of nitrogens with zero attached hydrogens (tertiary/aromatic N) is 1. The first-order valence-electron chi connectivity index (χ1n) is 7.30. The summed E-state index contributed by atoms with van der Waals surface area (Å²) in [6.45, 7) is 1.92. The number of rotatable bonds is 5. The van der Waals surface area contributed by atoms with Crippen molar-refractivity contribution in [2.24, 2.45) is 0 Å². The minimum Gasteiger partial charge on any atom is -0.322 e. The van der Waals surface area contributed by atoms with E-state index in [1.807, 2.05) is 54.2 Å². The fraction of sp³-hybridized carbons (Fsp3) is 0.111. The van der Waals surface area contributed by atoms with Crippen LogP contribution in [0.3, 0.4) is 0 Å². The first-order chi connectivity index (χ1) is 11.6. The minimum atomic E-state index is -0.123. The number of thiazole rings is 1. The highest BCUT2D eigenvalue weighted by Gasteiger charge is 2.13. The van der Waals surface area contributed by atoms with Gasteiger partial charge in [-0.3, -0.25) is 4.79 Å². The summed E-state index contributed by atoms with van der Waals surface area (Å²) in [4.78, 5) is 17.9. The number of hydrogen-bond donors (Lipinski definition) is 1. The highest BCUT2D eigenvalue weighted by Crippen LogP contribution is 2.27. The van der Waals surface area contributed by atoms with E-state index in [4.69, 9.17) is 11.6 Å². The molecule has 0 aliphatic carbocycles. The summed E-state index contributed by atoms with van der Waals surface area (Å²) >= 11 is 9.15. The summed E-state index contributed by atoms with van der Waals surface area (Å²) in [5.74, 6) is 0.620. The zero-order valence-electron chi connectivity index (χ0n) is 13.0. The Labute approximate surface area is 154 Å². The zero-order chi connectivity index (χ0) is 16.9. The van der Waals surface area contributed by atoms with Crippen molar-refractivity contribution in [2.45, 2.75) is 17.6 Å². The molecular weight excluding hydrogens is 360 g/mol. The van der Waals surface area contributed by atoms with Crippen molar-refractivity contribution in [1.29, 1.82) is 0 Å². The molecule has 3 nitrogen and oxygen atoms in total. The van der Waals surface area contributed by atoms with Crippen LogP contribution in [0.1, 0.15) is 21.6 Å². The van der Waals surface area contributed by atoms with E-state index in [1.54, 1.807) is 29.2 Å². The molecule has 1 heterocycles. The average Bonchev–Trinajstić information content (AvgIpc) is 3.09. The molecule has 0 radical (unpaired) electrons. The number of anilines is 1. The second-order valence-electron chi connectivity index (χ2n) is 5.18. The quantitative estimate of drug-likeness (QED) is 0.587. The van der Waals surface area contributed by atoms with Crippen LogP contribution < -0.4 is 5.32 Å². The molecule has 2 aromatic carbocycles. The van der Waals surface area contributed by atoms with Crippen molar-refractivity contribution in [3.63, 3.8) is 0 Å². The molecule has 0 aliphatic heterocycles. The lowest BCUT2D eigenvalue weighted by atomic mass is 10.1. The van der Waals surface area contributed by atoms with Crippen LogP contribution in [0.2, 0.25) is 5.02 Å². The molecule has 0 atom stereocenters. The third kappa shape index (κ3) is 4.17. The number of aromatic nitrogens is 1. The molecule has 1 amide bonds. The second kappa shape index (κ2) is 7.83. The van der Waals surface area contributed by atoms with Gasteiger partial charge in [-0.15, -0.1) is 23.1 Å². The molecule has 3 aromatic rings. The Kier molecular flexibility index (Phi) is 5.56. The van der Waals surface area contributed by atoms with Crippen molar-refractivity contribution < 1.29 is 4.79 Å². The topological polar surface area (TPSA) is 42.0 Å². The Bertz CT molecular complexity index is 850. The van der Waals surface area contributed by atoms with Crippen LogP contribution in [0.5, 0.6) is 0 Å². The molecule has 0 bridgehead atoms. The number of benzene rings is 2. The number of aryl methyl sites for hydroxylation is 1. The molecular formula is C18H15ClN2OS2. The van der Waals surface area contributed by atoms with E-state index in [1.165, 1.54) is 0 Å². The molecule has 0 aliphatic rings. The van der Waals surface area contributed by atoms with Gasteiger partial charge in [0.1, 0.15) is 0 Å². The first kappa shape index (κ1) is 17.0. The normalized spacial score (nSPS) is 10.6. The maximum Gasteiger partial charge on any atom is 0.256 e. The van der Waals surface area contributed by atoms with Crippen molar-refractivity contribution in [2.75, 3.05) is 5.32 Å². The van der Waals surface area contributed by atoms with Gasteiger partial charge in [0.2, 0.25) is 0 Å². The minimum absolute atomic E-state index is 0.123. The van der Waals surface area contributed by atoms with E-state index in [-0.39, 0.29) is 5.91 Å². The van der Waals surface area contributed by atoms with Gasteiger partial charge in [-0.05, 0) is 42.8 Å². The maximum absolute atomic E-state index is 12.7. The van der Waals surface area contributed by atoms with Crippen molar-refractivity contribution >= 4 is 46.3 Å². The van der Waals surface area contributed by atoms with Gasteiger partial charge in [0.15, 0.2) is 0 Å². The monoisotopic (exact) mass is 374 g/mol. The summed E-state index contributed by atoms with van der Waals surface area (Å²) in [6, 6.07) is 13.0. The molecule has 0 spiro atoms. The van der Waals surface area contributed by atoms with Crippen LogP contribution in [-0.2, 0) is 5.75 Å². The molecule has 6 heteroatoms. The summed E-state index contributed by atoms with van der Waals surface area (Å²) in [5, 5.41) is 5.64. The zero-order valence-corrected chi connectivity index (χ0v) is 15.3. The molecule has 0 unspecified atom stereocenters. The summed E-state index contributed by atoms with van der Waals surface area (Å²) in [5.41, 5.74) is 5.20. The van der Waals surface area contributed by atoms with Gasteiger partial charge < -0.3 is 5.32 Å². The lowest BCUT2D eigenvalue weighted by Crippen LogP contribution is -2.13. The summed E-state index contributed by atoms with van der Waals surface area (Å²) in [7, 11) is 0. The number of hydrogen-bond acceptors (Lipinski definition) is 4. The third-order valence-corrected chi connectivity index (χ3v) is 5.40. The Morgan fingerprint density at radius 3 is 2.88 bits per heavy atom. The van der Waals surface area contributed by atoms with Crippen molar-refractivity contribution in [1.82, 2.24) is 4.98 Å². The van der Waals surface area contributed by atoms with Crippen molar-refractivity contribution in [3.05, 3.63) is 75.2 Å². The fourth-order valence-electron chi connectivity index (χ4n) is 2.20. The third-order valence-electron chi connectivity index (χ3n) is 3.43. The summed E-state index contributed by atoms with van der Waals surface area (Å²) in [6.07, 6.45) is 0. The van der Waals surface area contributed by atoms with Crippen LogP contribution in [0.25, 0.3) is 0 Å². The maximum atomic E-state index is 12.7. The van der Waals surface area contributed by atoms with E-state index in [0.29, 0.717) is 10.6 Å². The van der Waals surface area contributed by atoms with Gasteiger partial charge in [0, 0.05) is 26.7 Å². The standard InChI is InChI=1S/C18H15ClN2OS2/c1-12-8-13(19)6-7-16(12)21-18(22)15-4-2-3-5-17(15)24-10-14-9-23-11-20-14/h2-9,11H,10H2,1H3,(H,21,22). The molecule has 1 N–H and O–H groups in total. The highest BCUT2D eigenvalue weighted by atomic mass is 35.5. The SMILES string of the molecule is Cc1cc(Cl)ccc1NC(=O)c1ccccc1SCc1cscn1. The Morgan fingerprint density at radius 2 is 2.12 bits per heavy atom. The number of nitrogens with one attached hydrogen (secondary N) is 1. The van der Waals surface area contributed by atoms with Gasteiger partial charge in [-0.2, -0.15) is 0 Å². The van der Waals surface area contributed by atoms with E-state index < -0.39 is 0 Å². The second-order valence-corrected chi connectivity index (χ2v) is 7.35. The molecule has 0 fully saturated rings. The van der Waals surface area contributed by atoms with E-state index in [2.05, 4.69) is 10.3 Å². The molecule has 0 saturated carbocycles. The van der Waals surface area contributed by atoms with Gasteiger partial charge in [0.05, 0.1) is 16.8 Å². The van der Waals surface area contributed by atoms with Crippen LogP contribution in [0.15, 0.2) is 58.3 Å². The number of amides is 1. The fourth-order valence-corrected chi connectivity index (χ4v) is 4.04. The lowest BCUT2D eigenvalue weighted by molar-refractivity contribution is 0.102. The average molecular weight is 375 g/mol. The van der Waals surface area contributed by atoms with Crippen molar-refractivity contribution in [3.8, 4) is 0 Å². The molecule has 24 heavy (non-hydrogen) atoms. The predicted molar refractivity (Wildman–Crippen MR) is 102 cm³/mol. The molecule has 3 rings (SSSR count). The van der Waals surface area contributed by atoms with Crippen LogP contribution in [0.4, 0.5) is 5.69 Å². The number of halogens is 1. The van der Waals surface area contributed by atoms with Crippen LogP contribution in [0, 0.1) is 6.92 Å². The molecule has 122 valence electrons. The smallest absolute Gasteiger partial charge is 0.256 e. The van der Waals surface area contributed by atoms with E-state index in [9.17, 15) is 4.79 Å². The Balaban J connectivity index is 1.77. The Morgan fingerprint density at radius 1 is 1.29 bits per heavy atom. The van der Waals surface area contributed by atoms with Gasteiger partial charge in [-0.1, -0.05) is 23.7 Å². The summed E-state index contributed by atoms with van der Waals surface area (Å²) < 4.78 is 0. The van der Waals surface area contributed by atoms with Gasteiger partial charge >= 0.3 is 0 Å². The van der Waals surface area contributed by atoms with E-state index >= 15 is 0 Å². The predicted octanol–water partition coefficient (Wildman–Crippen LogP) is 5.65. The largest absolute Gasteiger partial charge is 0.322 e. The van der Waals surface area contributed by atoms with Crippen LogP contribution >= 0.6 is 34.7 Å². The lowest BCUT2D eigenvalue weighted by Gasteiger charge is -2.11. The van der Waals surface area contributed by atoms with Crippen LogP contribution in [-0.4, -0.2) is 10.9 Å². The number of carbonyl (C=O) groups excluding carboxylic acids is 1. The number of thioether (sulfide) groups is 1. The molecule has 0 saturated heterocycles. The highest BCUT2D eigenvalue weighted by molar-refractivity contribution is 7.98. The number of carbonyl (C=O) groups is 1. The van der Waals surface area contributed by atoms with Gasteiger partial charge in [0.25, 0.3) is 5.91 Å². The van der Waals surface area contributed by atoms with E-state index in [0.717, 1.165) is 27.6 Å². The van der Waals surface area contributed by atoms with Gasteiger partial charge in [-0.25, -0.2) is 4.98 Å². The Hall–Kier alpha value is -1.82. The molecule has 1 aromatic heterocycles. The first-order valence-corrected chi connectivity index (χ1v) is 9.60.